The van der Waals surface area contributed by atoms with E-state index in [2.05, 4.69) is 0 Å². The van der Waals surface area contributed by atoms with E-state index in [0.29, 0.717) is 6.61 Å². The van der Waals surface area contributed by atoms with Gasteiger partial charge in [0.1, 0.15) is 24.4 Å². The molecule has 1 aliphatic rings. The molecule has 0 aromatic heterocycles. The van der Waals surface area contributed by atoms with Crippen LogP contribution in [0.4, 0.5) is 0 Å². The van der Waals surface area contributed by atoms with Crippen molar-refractivity contribution in [3.63, 3.8) is 0 Å². The van der Waals surface area contributed by atoms with E-state index in [-0.39, 0.29) is 19.8 Å². The van der Waals surface area contributed by atoms with Crippen LogP contribution in [0, 0.1) is 0 Å². The Morgan fingerprint density at radius 1 is 0.606 bits per heavy atom. The summed E-state index contributed by atoms with van der Waals surface area (Å²) in [5.41, 5.74) is 2.93. The quantitative estimate of drug-likeness (QED) is 0.493. The molecule has 1 heterocycles. The molecule has 174 valence electrons. The number of hydrogen-bond acceptors (Lipinski definition) is 6. The molecule has 1 saturated heterocycles. The Hall–Kier alpha value is -2.58. The van der Waals surface area contributed by atoms with Crippen molar-refractivity contribution in [2.45, 2.75) is 50.5 Å². The molecule has 6 nitrogen and oxygen atoms in total. The van der Waals surface area contributed by atoms with Gasteiger partial charge in [0.05, 0.1) is 26.4 Å². The van der Waals surface area contributed by atoms with Crippen LogP contribution in [-0.2, 0) is 38.8 Å². The van der Waals surface area contributed by atoms with Crippen LogP contribution in [0.25, 0.3) is 0 Å². The lowest BCUT2D eigenvalue weighted by atomic mass is 9.98. The maximum atomic E-state index is 10.9. The first kappa shape index (κ1) is 23.6. The summed E-state index contributed by atoms with van der Waals surface area (Å²) in [6.45, 7) is 1.05. The third-order valence-corrected chi connectivity index (χ3v) is 5.58. The molecule has 4 rings (SSSR count). The lowest BCUT2D eigenvalue weighted by molar-refractivity contribution is -0.314. The molecule has 33 heavy (non-hydrogen) atoms. The monoisotopic (exact) mass is 450 g/mol. The van der Waals surface area contributed by atoms with Gasteiger partial charge < -0.3 is 29.2 Å². The van der Waals surface area contributed by atoms with Crippen LogP contribution < -0.4 is 0 Å². The van der Waals surface area contributed by atoms with Gasteiger partial charge in [-0.05, 0) is 16.7 Å². The Morgan fingerprint density at radius 2 is 1.09 bits per heavy atom. The summed E-state index contributed by atoms with van der Waals surface area (Å²) in [7, 11) is 0. The van der Waals surface area contributed by atoms with Crippen LogP contribution >= 0.6 is 0 Å². The van der Waals surface area contributed by atoms with Gasteiger partial charge in [-0.3, -0.25) is 0 Å². The average Bonchev–Trinajstić information content (AvgIpc) is 2.86. The van der Waals surface area contributed by atoms with E-state index in [9.17, 15) is 10.2 Å². The molecule has 0 unspecified atom stereocenters. The average molecular weight is 451 g/mol. The highest BCUT2D eigenvalue weighted by molar-refractivity contribution is 5.15. The summed E-state index contributed by atoms with van der Waals surface area (Å²) in [5, 5.41) is 21.8. The molecule has 1 aliphatic heterocycles. The molecule has 0 aliphatic carbocycles. The second kappa shape index (κ2) is 12.0. The van der Waals surface area contributed by atoms with Gasteiger partial charge >= 0.3 is 0 Å². The Labute approximate surface area is 194 Å². The van der Waals surface area contributed by atoms with Crippen molar-refractivity contribution in [2.24, 2.45) is 0 Å². The highest BCUT2D eigenvalue weighted by atomic mass is 16.7. The number of aliphatic hydroxyl groups is 2. The lowest BCUT2D eigenvalue weighted by Gasteiger charge is -2.42. The van der Waals surface area contributed by atoms with Crippen molar-refractivity contribution in [1.82, 2.24) is 0 Å². The normalized spacial score (nSPS) is 25.1. The molecule has 3 aromatic rings. The molecule has 1 fully saturated rings. The summed E-state index contributed by atoms with van der Waals surface area (Å²) >= 11 is 0. The zero-order chi connectivity index (χ0) is 22.9. The van der Waals surface area contributed by atoms with Gasteiger partial charge in [0.2, 0.25) is 0 Å². The van der Waals surface area contributed by atoms with Crippen molar-refractivity contribution in [3.8, 4) is 0 Å². The number of rotatable bonds is 10. The van der Waals surface area contributed by atoms with Crippen molar-refractivity contribution in [2.75, 3.05) is 6.61 Å². The van der Waals surface area contributed by atoms with Crippen LogP contribution in [0.3, 0.4) is 0 Å². The molecule has 0 amide bonds. The van der Waals surface area contributed by atoms with E-state index in [0.717, 1.165) is 16.7 Å². The minimum Gasteiger partial charge on any atom is -0.387 e. The molecule has 5 atom stereocenters. The topological polar surface area (TPSA) is 77.4 Å². The number of ether oxygens (including phenoxy) is 4. The van der Waals surface area contributed by atoms with Crippen LogP contribution in [0.1, 0.15) is 16.7 Å². The lowest BCUT2D eigenvalue weighted by Crippen LogP contribution is -2.60. The molecule has 0 radical (unpaired) electrons. The van der Waals surface area contributed by atoms with E-state index < -0.39 is 30.7 Å². The minimum absolute atomic E-state index is 0.138. The second-order valence-electron chi connectivity index (χ2n) is 8.08. The largest absolute Gasteiger partial charge is 0.387 e. The Balaban J connectivity index is 1.41. The number of benzene rings is 3. The Morgan fingerprint density at radius 3 is 1.64 bits per heavy atom. The van der Waals surface area contributed by atoms with Gasteiger partial charge in [-0.15, -0.1) is 0 Å². The highest BCUT2D eigenvalue weighted by Gasteiger charge is 2.46. The summed E-state index contributed by atoms with van der Waals surface area (Å²) in [5.74, 6) is 0. The fraction of sp³-hybridized carbons (Fsp3) is 0.333. The molecule has 0 saturated carbocycles. The summed E-state index contributed by atoms with van der Waals surface area (Å²) in [4.78, 5) is 0. The Kier molecular flexibility index (Phi) is 8.60. The maximum absolute atomic E-state index is 10.9. The van der Waals surface area contributed by atoms with Crippen molar-refractivity contribution in [1.29, 1.82) is 0 Å². The van der Waals surface area contributed by atoms with Gasteiger partial charge in [0, 0.05) is 0 Å². The zero-order valence-corrected chi connectivity index (χ0v) is 18.4. The van der Waals surface area contributed by atoms with Gasteiger partial charge in [-0.25, -0.2) is 0 Å². The van der Waals surface area contributed by atoms with Gasteiger partial charge in [-0.1, -0.05) is 91.0 Å². The molecular weight excluding hydrogens is 420 g/mol. The number of aliphatic hydroxyl groups excluding tert-OH is 2. The molecular formula is C27H30O6. The summed E-state index contributed by atoms with van der Waals surface area (Å²) in [6.07, 6.45) is -4.78. The van der Waals surface area contributed by atoms with E-state index in [1.807, 2.05) is 91.0 Å². The van der Waals surface area contributed by atoms with Gasteiger partial charge in [-0.2, -0.15) is 0 Å². The molecule has 0 bridgehead atoms. The third-order valence-electron chi connectivity index (χ3n) is 5.58. The van der Waals surface area contributed by atoms with Crippen LogP contribution in [-0.4, -0.2) is 47.5 Å². The number of hydrogen-bond donors (Lipinski definition) is 2. The van der Waals surface area contributed by atoms with Gasteiger partial charge in [0.15, 0.2) is 6.29 Å². The van der Waals surface area contributed by atoms with Crippen LogP contribution in [0.15, 0.2) is 91.0 Å². The van der Waals surface area contributed by atoms with E-state index in [4.69, 9.17) is 18.9 Å². The van der Waals surface area contributed by atoms with Gasteiger partial charge in [0.25, 0.3) is 0 Å². The predicted octanol–water partition coefficient (Wildman–Crippen LogP) is 3.45. The molecule has 6 heteroatoms. The highest BCUT2D eigenvalue weighted by Crippen LogP contribution is 2.26. The van der Waals surface area contributed by atoms with Crippen LogP contribution in [0.5, 0.6) is 0 Å². The van der Waals surface area contributed by atoms with E-state index in [1.54, 1.807) is 0 Å². The molecule has 0 spiro atoms. The van der Waals surface area contributed by atoms with Crippen molar-refractivity contribution < 1.29 is 29.2 Å². The predicted molar refractivity (Wildman–Crippen MR) is 123 cm³/mol. The van der Waals surface area contributed by atoms with E-state index in [1.165, 1.54) is 0 Å². The first-order chi connectivity index (χ1) is 16.2. The third kappa shape index (κ3) is 6.71. The van der Waals surface area contributed by atoms with Crippen LogP contribution in [0.2, 0.25) is 0 Å². The molecule has 3 aromatic carbocycles. The van der Waals surface area contributed by atoms with E-state index >= 15 is 0 Å². The van der Waals surface area contributed by atoms with Crippen molar-refractivity contribution in [3.05, 3.63) is 108 Å². The zero-order valence-electron chi connectivity index (χ0n) is 18.4. The first-order valence-corrected chi connectivity index (χ1v) is 11.1. The minimum atomic E-state index is -1.15. The standard InChI is InChI=1S/C27H30O6/c28-24-23(19-30-16-20-10-4-1-5-11-20)33-27(32-18-22-14-8-3-9-15-22)25(29)26(24)31-17-21-12-6-2-7-13-21/h1-15,23-29H,16-19H2/t23-,24-,25+,26+,27+/m1/s1. The SMILES string of the molecule is O[C@@H]1[C@@H](OCc2ccccc2)O[C@H](COCc2ccccc2)[C@@H](O)[C@@H]1OCc1ccccc1. The smallest absolute Gasteiger partial charge is 0.187 e. The first-order valence-electron chi connectivity index (χ1n) is 11.1. The fourth-order valence-electron chi connectivity index (χ4n) is 3.76. The fourth-order valence-corrected chi connectivity index (χ4v) is 3.76. The second-order valence-corrected chi connectivity index (χ2v) is 8.08. The Bertz CT molecular complexity index is 937. The maximum Gasteiger partial charge on any atom is 0.187 e. The molecule has 2 N–H and O–H groups in total. The van der Waals surface area contributed by atoms with Crippen molar-refractivity contribution >= 4 is 0 Å². The summed E-state index contributed by atoms with van der Waals surface area (Å²) < 4.78 is 23.6. The summed E-state index contributed by atoms with van der Waals surface area (Å²) in [6, 6.07) is 29.1.